The van der Waals surface area contributed by atoms with E-state index in [9.17, 15) is 0 Å². The minimum Gasteiger partial charge on any atom is -0.394 e. The second-order valence-corrected chi connectivity index (χ2v) is 3.88. The van der Waals surface area contributed by atoms with E-state index < -0.39 is 0 Å². The van der Waals surface area contributed by atoms with Crippen LogP contribution < -0.4 is 0 Å². The van der Waals surface area contributed by atoms with Crippen molar-refractivity contribution < 1.29 is 9.84 Å². The van der Waals surface area contributed by atoms with E-state index in [4.69, 9.17) is 9.84 Å². The summed E-state index contributed by atoms with van der Waals surface area (Å²) in [6.45, 7) is 2.68. The predicted molar refractivity (Wildman–Crippen MR) is 67.2 cm³/mol. The van der Waals surface area contributed by atoms with Crippen molar-refractivity contribution in [3.63, 3.8) is 0 Å². The number of ether oxygens (including phenoxy) is 1. The number of aliphatic hydroxyl groups excluding tert-OH is 1. The van der Waals surface area contributed by atoms with Gasteiger partial charge in [0.05, 0.1) is 19.3 Å². The van der Waals surface area contributed by atoms with Crippen molar-refractivity contribution in [1.82, 2.24) is 0 Å². The molecule has 0 aromatic carbocycles. The molecule has 0 aliphatic heterocycles. The fourth-order valence-electron chi connectivity index (χ4n) is 1.33. The molecule has 0 aromatic heterocycles. The molecule has 0 rings (SSSR count). The summed E-state index contributed by atoms with van der Waals surface area (Å²) in [7, 11) is 0. The summed E-state index contributed by atoms with van der Waals surface area (Å²) in [6.07, 6.45) is 7.95. The van der Waals surface area contributed by atoms with E-state index in [1.807, 2.05) is 6.08 Å². The standard InChI is InChI=1S/C12H21BrO2/c1-2-3-4-5-7-12(8-6-9-13)15-11-10-14/h8-9,12,14H,2-5,7,10-11H2,1H3/t6?,12-/m0/s1. The molecule has 0 unspecified atom stereocenters. The van der Waals surface area contributed by atoms with Gasteiger partial charge >= 0.3 is 0 Å². The average Bonchev–Trinajstić information content (AvgIpc) is 2.27. The topological polar surface area (TPSA) is 29.5 Å². The SMILES string of the molecule is CCCCCC[C@@H](C=C=CBr)OCCO. The van der Waals surface area contributed by atoms with Crippen molar-refractivity contribution in [2.24, 2.45) is 0 Å². The van der Waals surface area contributed by atoms with Crippen molar-refractivity contribution in [2.45, 2.75) is 45.1 Å². The van der Waals surface area contributed by atoms with E-state index in [0.29, 0.717) is 6.61 Å². The number of rotatable bonds is 9. The van der Waals surface area contributed by atoms with Gasteiger partial charge in [-0.15, -0.1) is 5.73 Å². The highest BCUT2D eigenvalue weighted by Crippen LogP contribution is 2.09. The summed E-state index contributed by atoms with van der Waals surface area (Å²) in [5.41, 5.74) is 2.96. The fraction of sp³-hybridized carbons (Fsp3) is 0.750. The molecule has 15 heavy (non-hydrogen) atoms. The minimum atomic E-state index is 0.0807. The first-order chi connectivity index (χ1) is 7.35. The van der Waals surface area contributed by atoms with Crippen molar-refractivity contribution >= 4 is 15.9 Å². The van der Waals surface area contributed by atoms with Crippen LogP contribution in [-0.2, 0) is 4.74 Å². The van der Waals surface area contributed by atoms with E-state index in [2.05, 4.69) is 28.6 Å². The van der Waals surface area contributed by atoms with Crippen LogP contribution in [0.3, 0.4) is 0 Å². The molecule has 0 aliphatic rings. The zero-order valence-electron chi connectivity index (χ0n) is 9.42. The molecule has 3 heteroatoms. The van der Waals surface area contributed by atoms with Gasteiger partial charge in [-0.25, -0.2) is 0 Å². The van der Waals surface area contributed by atoms with Crippen molar-refractivity contribution in [3.05, 3.63) is 16.8 Å². The van der Waals surface area contributed by atoms with E-state index in [1.165, 1.54) is 25.7 Å². The maximum atomic E-state index is 8.67. The minimum absolute atomic E-state index is 0.0807. The van der Waals surface area contributed by atoms with Crippen molar-refractivity contribution in [2.75, 3.05) is 13.2 Å². The summed E-state index contributed by atoms with van der Waals surface area (Å²) in [5, 5.41) is 8.67. The fourth-order valence-corrected chi connectivity index (χ4v) is 1.49. The van der Waals surface area contributed by atoms with Gasteiger partial charge < -0.3 is 9.84 Å². The molecule has 0 bridgehead atoms. The van der Waals surface area contributed by atoms with Gasteiger partial charge in [0.1, 0.15) is 0 Å². The summed E-state index contributed by atoms with van der Waals surface area (Å²) < 4.78 is 5.46. The Morgan fingerprint density at radius 3 is 2.80 bits per heavy atom. The molecule has 0 radical (unpaired) electrons. The Kier molecular flexibility index (Phi) is 11.9. The molecular weight excluding hydrogens is 256 g/mol. The highest BCUT2D eigenvalue weighted by molar-refractivity contribution is 9.11. The van der Waals surface area contributed by atoms with Crippen LogP contribution in [0.15, 0.2) is 16.8 Å². The molecule has 1 N–H and O–H groups in total. The zero-order chi connectivity index (χ0) is 11.4. The molecule has 0 spiro atoms. The van der Waals surface area contributed by atoms with Crippen LogP contribution in [0, 0.1) is 0 Å². The maximum absolute atomic E-state index is 8.67. The molecular formula is C12H21BrO2. The summed E-state index contributed by atoms with van der Waals surface area (Å²) in [6, 6.07) is 0. The monoisotopic (exact) mass is 276 g/mol. The first-order valence-corrected chi connectivity index (χ1v) is 6.50. The van der Waals surface area contributed by atoms with Crippen molar-refractivity contribution in [3.8, 4) is 0 Å². The second kappa shape index (κ2) is 12.0. The third kappa shape index (κ3) is 10.2. The molecule has 0 aliphatic carbocycles. The lowest BCUT2D eigenvalue weighted by molar-refractivity contribution is 0.0490. The van der Waals surface area contributed by atoms with E-state index >= 15 is 0 Å². The Labute approximate surface area is 101 Å². The largest absolute Gasteiger partial charge is 0.394 e. The number of unbranched alkanes of at least 4 members (excludes halogenated alkanes) is 3. The molecule has 88 valence electrons. The van der Waals surface area contributed by atoms with Crippen LogP contribution in [0.4, 0.5) is 0 Å². The molecule has 0 saturated carbocycles. The Balaban J connectivity index is 3.74. The molecule has 0 aromatic rings. The molecule has 0 saturated heterocycles. The normalized spacial score (nSPS) is 11.9. The predicted octanol–water partition coefficient (Wildman–Crippen LogP) is 3.40. The van der Waals surface area contributed by atoms with E-state index in [1.54, 1.807) is 4.99 Å². The Hall–Kier alpha value is -0.0800. The lowest BCUT2D eigenvalue weighted by atomic mass is 10.1. The summed E-state index contributed by atoms with van der Waals surface area (Å²) >= 11 is 3.17. The summed E-state index contributed by atoms with van der Waals surface area (Å²) in [5.74, 6) is 0. The van der Waals surface area contributed by atoms with Crippen LogP contribution in [-0.4, -0.2) is 24.4 Å². The van der Waals surface area contributed by atoms with Gasteiger partial charge in [0.2, 0.25) is 0 Å². The lowest BCUT2D eigenvalue weighted by Gasteiger charge is -2.12. The van der Waals surface area contributed by atoms with E-state index in [-0.39, 0.29) is 12.7 Å². The molecule has 1 atom stereocenters. The van der Waals surface area contributed by atoms with Gasteiger partial charge in [-0.3, -0.25) is 0 Å². The van der Waals surface area contributed by atoms with Crippen LogP contribution in [0.5, 0.6) is 0 Å². The van der Waals surface area contributed by atoms with Gasteiger partial charge in [0.15, 0.2) is 0 Å². The number of halogens is 1. The van der Waals surface area contributed by atoms with Gasteiger partial charge in [-0.1, -0.05) is 48.5 Å². The average molecular weight is 277 g/mol. The van der Waals surface area contributed by atoms with Gasteiger partial charge in [0.25, 0.3) is 0 Å². The molecule has 2 nitrogen and oxygen atoms in total. The number of hydrogen-bond donors (Lipinski definition) is 1. The van der Waals surface area contributed by atoms with Crippen LogP contribution in [0.25, 0.3) is 0 Å². The first-order valence-electron chi connectivity index (χ1n) is 5.58. The van der Waals surface area contributed by atoms with Crippen LogP contribution >= 0.6 is 15.9 Å². The molecule has 0 heterocycles. The van der Waals surface area contributed by atoms with Gasteiger partial charge in [-0.05, 0) is 12.5 Å². The second-order valence-electron chi connectivity index (χ2n) is 3.42. The Morgan fingerprint density at radius 2 is 2.20 bits per heavy atom. The lowest BCUT2D eigenvalue weighted by Crippen LogP contribution is -2.12. The quantitative estimate of drug-likeness (QED) is 0.517. The highest BCUT2D eigenvalue weighted by Gasteiger charge is 2.03. The Bertz CT molecular complexity index is 186. The van der Waals surface area contributed by atoms with Crippen LogP contribution in [0.1, 0.15) is 39.0 Å². The number of hydrogen-bond acceptors (Lipinski definition) is 2. The summed E-state index contributed by atoms with van der Waals surface area (Å²) in [4.78, 5) is 1.69. The smallest absolute Gasteiger partial charge is 0.0830 e. The molecule has 0 amide bonds. The molecule has 0 fully saturated rings. The zero-order valence-corrected chi connectivity index (χ0v) is 11.0. The third-order valence-corrected chi connectivity index (χ3v) is 2.37. The van der Waals surface area contributed by atoms with Gasteiger partial charge in [0, 0.05) is 4.99 Å². The number of aliphatic hydroxyl groups is 1. The highest BCUT2D eigenvalue weighted by atomic mass is 79.9. The van der Waals surface area contributed by atoms with Gasteiger partial charge in [-0.2, -0.15) is 0 Å². The van der Waals surface area contributed by atoms with Crippen molar-refractivity contribution in [1.29, 1.82) is 0 Å². The van der Waals surface area contributed by atoms with E-state index in [0.717, 1.165) is 6.42 Å². The Morgan fingerprint density at radius 1 is 1.40 bits per heavy atom. The maximum Gasteiger partial charge on any atom is 0.0830 e. The third-order valence-electron chi connectivity index (χ3n) is 2.11. The van der Waals surface area contributed by atoms with Crippen LogP contribution in [0.2, 0.25) is 0 Å². The first kappa shape index (κ1) is 14.9.